The third-order valence-electron chi connectivity index (χ3n) is 11.6. The van der Waals surface area contributed by atoms with Crippen LogP contribution in [0, 0.1) is 0 Å². The van der Waals surface area contributed by atoms with E-state index in [9.17, 15) is 0 Å². The molecule has 1 aliphatic carbocycles. The summed E-state index contributed by atoms with van der Waals surface area (Å²) in [4.78, 5) is 0. The predicted molar refractivity (Wildman–Crippen MR) is 226 cm³/mol. The van der Waals surface area contributed by atoms with Crippen LogP contribution >= 0.6 is 11.3 Å². The van der Waals surface area contributed by atoms with Gasteiger partial charge >= 0.3 is 0 Å². The van der Waals surface area contributed by atoms with Crippen LogP contribution in [0.5, 0.6) is 0 Å². The summed E-state index contributed by atoms with van der Waals surface area (Å²) in [7, 11) is 0. The van der Waals surface area contributed by atoms with Crippen LogP contribution in [0.15, 0.2) is 170 Å². The number of fused-ring (bicyclic) bond motifs is 11. The van der Waals surface area contributed by atoms with E-state index < -0.39 is 0 Å². The molecule has 0 amide bonds. The lowest BCUT2D eigenvalue weighted by atomic mass is 9.81. The van der Waals surface area contributed by atoms with Gasteiger partial charge in [-0.1, -0.05) is 166 Å². The van der Waals surface area contributed by atoms with Crippen LogP contribution in [0.25, 0.3) is 97.0 Å². The van der Waals surface area contributed by atoms with Gasteiger partial charge in [0.25, 0.3) is 0 Å². The Morgan fingerprint density at radius 3 is 1.71 bits per heavy atom. The molecule has 52 heavy (non-hydrogen) atoms. The van der Waals surface area contributed by atoms with Crippen molar-refractivity contribution in [3.63, 3.8) is 0 Å². The zero-order chi connectivity index (χ0) is 34.6. The average Bonchev–Trinajstić information content (AvgIpc) is 3.69. The van der Waals surface area contributed by atoms with E-state index in [2.05, 4.69) is 184 Å². The molecule has 1 aliphatic rings. The van der Waals surface area contributed by atoms with E-state index in [0.29, 0.717) is 0 Å². The number of hydrogen-bond donors (Lipinski definition) is 0. The molecular formula is C51H34S. The topological polar surface area (TPSA) is 0 Å². The van der Waals surface area contributed by atoms with Gasteiger partial charge in [-0.3, -0.25) is 0 Å². The molecule has 0 atom stereocenters. The Bertz CT molecular complexity index is 3030. The second-order valence-electron chi connectivity index (χ2n) is 14.8. The van der Waals surface area contributed by atoms with Gasteiger partial charge in [-0.05, 0) is 106 Å². The third kappa shape index (κ3) is 4.15. The van der Waals surface area contributed by atoms with Crippen molar-refractivity contribution in [2.45, 2.75) is 19.3 Å². The van der Waals surface area contributed by atoms with Gasteiger partial charge in [0, 0.05) is 25.6 Å². The highest BCUT2D eigenvalue weighted by Crippen LogP contribution is 2.55. The summed E-state index contributed by atoms with van der Waals surface area (Å²) in [5, 5.41) is 10.5. The van der Waals surface area contributed by atoms with E-state index in [0.717, 1.165) is 0 Å². The first-order valence-electron chi connectivity index (χ1n) is 18.2. The summed E-state index contributed by atoms with van der Waals surface area (Å²) in [6.07, 6.45) is 0. The molecule has 0 radical (unpaired) electrons. The Hall–Kier alpha value is -6.02. The van der Waals surface area contributed by atoms with Crippen molar-refractivity contribution in [1.29, 1.82) is 0 Å². The van der Waals surface area contributed by atoms with Crippen LogP contribution in [0.3, 0.4) is 0 Å². The van der Waals surface area contributed by atoms with Gasteiger partial charge in [0.2, 0.25) is 0 Å². The summed E-state index contributed by atoms with van der Waals surface area (Å²) in [5.41, 5.74) is 13.1. The smallest absolute Gasteiger partial charge is 0.0434 e. The normalized spacial score (nSPS) is 13.3. The zero-order valence-corrected chi connectivity index (χ0v) is 29.9. The minimum atomic E-state index is -0.114. The maximum Gasteiger partial charge on any atom is 0.0434 e. The molecule has 244 valence electrons. The predicted octanol–water partition coefficient (Wildman–Crippen LogP) is 14.8. The molecule has 0 bridgehead atoms. The highest BCUT2D eigenvalue weighted by atomic mass is 32.1. The Morgan fingerprint density at radius 1 is 0.385 bits per heavy atom. The Kier molecular flexibility index (Phi) is 6.27. The number of benzene rings is 9. The quantitative estimate of drug-likeness (QED) is 0.163. The molecule has 0 unspecified atom stereocenters. The van der Waals surface area contributed by atoms with E-state index in [1.807, 2.05) is 11.3 Å². The fourth-order valence-corrected chi connectivity index (χ4v) is 10.5. The van der Waals surface area contributed by atoms with Gasteiger partial charge < -0.3 is 0 Å². The largest absolute Gasteiger partial charge is 0.135 e. The minimum absolute atomic E-state index is 0.114. The standard InChI is InChI=1S/C51H34S/c1-51(2)43-27-28-45-49(42-26-23-31-13-6-7-18-36(31)50(42)52-45)48(43)41-25-24-34(30-44(41)51)33-16-12-17-35(29-33)47-39-21-10-8-19-37(39)46(32-14-4-3-5-15-32)38-20-9-11-22-40(38)47/h3-30H,1-2H3. The second kappa shape index (κ2) is 11.0. The fourth-order valence-electron chi connectivity index (χ4n) is 9.21. The van der Waals surface area contributed by atoms with Crippen molar-refractivity contribution >= 4 is 63.8 Å². The van der Waals surface area contributed by atoms with Crippen LogP contribution in [0.2, 0.25) is 0 Å². The van der Waals surface area contributed by atoms with Gasteiger partial charge in [0.15, 0.2) is 0 Å². The Labute approximate surface area is 307 Å². The summed E-state index contributed by atoms with van der Waals surface area (Å²) in [5.74, 6) is 0. The first kappa shape index (κ1) is 29.7. The number of rotatable bonds is 3. The Balaban J connectivity index is 1.09. The lowest BCUT2D eigenvalue weighted by molar-refractivity contribution is 0.661. The van der Waals surface area contributed by atoms with Crippen molar-refractivity contribution in [2.24, 2.45) is 0 Å². The lowest BCUT2D eigenvalue weighted by Crippen LogP contribution is -2.14. The van der Waals surface area contributed by atoms with Gasteiger partial charge in [0.1, 0.15) is 0 Å². The molecule has 1 aromatic heterocycles. The summed E-state index contributed by atoms with van der Waals surface area (Å²) in [6, 6.07) is 63.3. The molecule has 10 aromatic rings. The van der Waals surface area contributed by atoms with Crippen LogP contribution in [-0.2, 0) is 5.41 Å². The molecule has 0 aliphatic heterocycles. The molecule has 9 aromatic carbocycles. The molecule has 1 heterocycles. The highest BCUT2D eigenvalue weighted by molar-refractivity contribution is 7.26. The van der Waals surface area contributed by atoms with Crippen molar-refractivity contribution in [1.82, 2.24) is 0 Å². The first-order valence-corrected chi connectivity index (χ1v) is 19.0. The first-order chi connectivity index (χ1) is 25.6. The second-order valence-corrected chi connectivity index (χ2v) is 15.9. The van der Waals surface area contributed by atoms with E-state index >= 15 is 0 Å². The molecule has 11 rings (SSSR count). The molecule has 0 nitrogen and oxygen atoms in total. The summed E-state index contributed by atoms with van der Waals surface area (Å²) in [6.45, 7) is 4.81. The van der Waals surface area contributed by atoms with E-state index in [4.69, 9.17) is 0 Å². The molecule has 0 spiro atoms. The van der Waals surface area contributed by atoms with Gasteiger partial charge in [-0.25, -0.2) is 0 Å². The number of thiophene rings is 1. The maximum absolute atomic E-state index is 2.47. The van der Waals surface area contributed by atoms with Crippen molar-refractivity contribution in [2.75, 3.05) is 0 Å². The molecule has 0 saturated carbocycles. The fraction of sp³-hybridized carbons (Fsp3) is 0.0588. The summed E-state index contributed by atoms with van der Waals surface area (Å²) >= 11 is 1.93. The third-order valence-corrected chi connectivity index (χ3v) is 12.8. The van der Waals surface area contributed by atoms with Crippen LogP contribution < -0.4 is 0 Å². The lowest BCUT2D eigenvalue weighted by Gasteiger charge is -2.22. The summed E-state index contributed by atoms with van der Waals surface area (Å²) < 4.78 is 2.75. The average molecular weight is 679 g/mol. The maximum atomic E-state index is 2.47. The monoisotopic (exact) mass is 678 g/mol. The zero-order valence-electron chi connectivity index (χ0n) is 29.1. The van der Waals surface area contributed by atoms with Crippen LogP contribution in [0.1, 0.15) is 25.0 Å². The van der Waals surface area contributed by atoms with E-state index in [1.165, 1.54) is 108 Å². The van der Waals surface area contributed by atoms with Crippen molar-refractivity contribution in [3.8, 4) is 44.5 Å². The SMILES string of the molecule is CC1(C)c2cc(-c3cccc(-c4c5ccccc5c(-c5ccccc5)c5ccccc45)c3)ccc2-c2c1ccc1sc3c4ccccc4ccc3c21. The van der Waals surface area contributed by atoms with Gasteiger partial charge in [0.05, 0.1) is 0 Å². The minimum Gasteiger partial charge on any atom is -0.135 e. The van der Waals surface area contributed by atoms with Crippen LogP contribution in [-0.4, -0.2) is 0 Å². The number of hydrogen-bond acceptors (Lipinski definition) is 1. The molecule has 0 saturated heterocycles. The molecule has 0 N–H and O–H groups in total. The van der Waals surface area contributed by atoms with Crippen molar-refractivity contribution in [3.05, 3.63) is 181 Å². The van der Waals surface area contributed by atoms with E-state index in [1.54, 1.807) is 0 Å². The molecule has 0 fully saturated rings. The van der Waals surface area contributed by atoms with Crippen molar-refractivity contribution < 1.29 is 0 Å². The van der Waals surface area contributed by atoms with E-state index in [-0.39, 0.29) is 5.41 Å². The highest BCUT2D eigenvalue weighted by Gasteiger charge is 2.37. The molecular weight excluding hydrogens is 645 g/mol. The van der Waals surface area contributed by atoms with Gasteiger partial charge in [-0.2, -0.15) is 0 Å². The van der Waals surface area contributed by atoms with Gasteiger partial charge in [-0.15, -0.1) is 11.3 Å². The Morgan fingerprint density at radius 2 is 0.981 bits per heavy atom. The molecule has 1 heteroatoms. The van der Waals surface area contributed by atoms with Crippen LogP contribution in [0.4, 0.5) is 0 Å².